The summed E-state index contributed by atoms with van der Waals surface area (Å²) in [7, 11) is 0. The zero-order valence-corrected chi connectivity index (χ0v) is 6.63. The summed E-state index contributed by atoms with van der Waals surface area (Å²) in [6.07, 6.45) is 0. The van der Waals surface area contributed by atoms with Crippen molar-refractivity contribution in [3.63, 3.8) is 0 Å². The molecule has 0 spiro atoms. The van der Waals surface area contributed by atoms with Crippen molar-refractivity contribution in [1.82, 2.24) is 21.0 Å². The molecule has 4 N–H and O–H groups in total. The Labute approximate surface area is 73.2 Å². The average molecular weight is 194 g/mol. The Kier molecular flexibility index (Phi) is 3.82. The first-order valence-corrected chi connectivity index (χ1v) is 3.38. The van der Waals surface area contributed by atoms with Crippen molar-refractivity contribution >= 4 is 6.03 Å². The molecule has 1 fully saturated rings. The molecule has 1 heterocycles. The van der Waals surface area contributed by atoms with E-state index >= 15 is 0 Å². The van der Waals surface area contributed by atoms with Gasteiger partial charge in [-0.25, -0.2) is 9.80 Å². The van der Waals surface area contributed by atoms with Crippen LogP contribution < -0.4 is 10.9 Å². The predicted octanol–water partition coefficient (Wildman–Crippen LogP) is -2.55. The van der Waals surface area contributed by atoms with Gasteiger partial charge >= 0.3 is 6.03 Å². The number of nitrogens with zero attached hydrogens (tertiary/aromatic N) is 2. The third-order valence-electron chi connectivity index (χ3n) is 1.27. The number of aliphatic hydroxyl groups excluding tert-OH is 2. The molecule has 0 unspecified atom stereocenters. The number of rotatable bonds is 3. The molecule has 13 heavy (non-hydrogen) atoms. The van der Waals surface area contributed by atoms with Crippen LogP contribution in [0.3, 0.4) is 0 Å². The van der Waals surface area contributed by atoms with Gasteiger partial charge in [0.05, 0.1) is 0 Å². The van der Waals surface area contributed by atoms with Gasteiger partial charge in [-0.1, -0.05) is 10.7 Å². The zero-order chi connectivity index (χ0) is 9.68. The molecule has 9 heteroatoms. The molecule has 1 aliphatic heterocycles. The summed E-state index contributed by atoms with van der Waals surface area (Å²) in [5, 5.41) is 21.1. The maximum atomic E-state index is 11.1. The molecule has 9 nitrogen and oxygen atoms in total. The molecule has 76 valence electrons. The van der Waals surface area contributed by atoms with E-state index in [4.69, 9.17) is 10.2 Å². The van der Waals surface area contributed by atoms with Crippen LogP contribution in [0.1, 0.15) is 0 Å². The summed E-state index contributed by atoms with van der Waals surface area (Å²) in [6.45, 7) is -1.16. The molecule has 0 aromatic rings. The van der Waals surface area contributed by atoms with Crippen molar-refractivity contribution in [3.05, 3.63) is 0 Å². The molecule has 0 atom stereocenters. The van der Waals surface area contributed by atoms with Crippen molar-refractivity contribution in [2.75, 3.05) is 20.2 Å². The van der Waals surface area contributed by atoms with Crippen LogP contribution in [0, 0.1) is 0 Å². The van der Waals surface area contributed by atoms with E-state index < -0.39 is 19.5 Å². The molecular formula is C4H10N4O5. The van der Waals surface area contributed by atoms with Gasteiger partial charge in [0.25, 0.3) is 0 Å². The SMILES string of the molecule is O=C(NCO)N(CO)N1COON1. The first-order valence-electron chi connectivity index (χ1n) is 3.38. The van der Waals surface area contributed by atoms with Crippen molar-refractivity contribution in [3.8, 4) is 0 Å². The molecule has 1 rings (SSSR count). The molecule has 0 aliphatic carbocycles. The second-order valence-corrected chi connectivity index (χ2v) is 2.00. The lowest BCUT2D eigenvalue weighted by Crippen LogP contribution is -2.54. The number of urea groups is 1. The minimum absolute atomic E-state index is 0.0561. The monoisotopic (exact) mass is 194 g/mol. The van der Waals surface area contributed by atoms with Crippen molar-refractivity contribution in [1.29, 1.82) is 0 Å². The largest absolute Gasteiger partial charge is 0.376 e. The highest BCUT2D eigenvalue weighted by Crippen LogP contribution is 2.00. The highest BCUT2D eigenvalue weighted by molar-refractivity contribution is 5.73. The standard InChI is InChI=1S/C4H10N4O5/c9-1-5-4(11)7(2-10)8-3-12-13-6-8/h6,9-10H,1-3H2,(H,5,11). The quantitative estimate of drug-likeness (QED) is 0.289. The lowest BCUT2D eigenvalue weighted by atomic mass is 10.8. The summed E-state index contributed by atoms with van der Waals surface area (Å²) in [5.74, 6) is 0. The lowest BCUT2D eigenvalue weighted by molar-refractivity contribution is -0.290. The first kappa shape index (κ1) is 10.1. The maximum Gasteiger partial charge on any atom is 0.337 e. The summed E-state index contributed by atoms with van der Waals surface area (Å²) in [4.78, 5) is 19.7. The smallest absolute Gasteiger partial charge is 0.337 e. The number of aliphatic hydroxyl groups is 2. The molecule has 1 aliphatic rings. The summed E-state index contributed by atoms with van der Waals surface area (Å²) in [5.41, 5.74) is 2.18. The molecular weight excluding hydrogens is 184 g/mol. The highest BCUT2D eigenvalue weighted by atomic mass is 17.3. The fourth-order valence-electron chi connectivity index (χ4n) is 0.700. The van der Waals surface area contributed by atoms with Crippen molar-refractivity contribution in [2.45, 2.75) is 0 Å². The Balaban J connectivity index is 2.44. The van der Waals surface area contributed by atoms with Gasteiger partial charge < -0.3 is 15.5 Å². The zero-order valence-electron chi connectivity index (χ0n) is 6.63. The number of hydrazine groups is 2. The molecule has 0 aromatic heterocycles. The van der Waals surface area contributed by atoms with E-state index in [-0.39, 0.29) is 6.73 Å². The summed E-state index contributed by atoms with van der Waals surface area (Å²) >= 11 is 0. The van der Waals surface area contributed by atoms with Crippen LogP contribution in [0.5, 0.6) is 0 Å². The second kappa shape index (κ2) is 4.91. The Morgan fingerprint density at radius 1 is 1.69 bits per heavy atom. The van der Waals surface area contributed by atoms with Gasteiger partial charge in [0.1, 0.15) is 13.5 Å². The van der Waals surface area contributed by atoms with Crippen molar-refractivity contribution < 1.29 is 24.9 Å². The van der Waals surface area contributed by atoms with Gasteiger partial charge in [0, 0.05) is 0 Å². The Hall–Kier alpha value is -0.970. The normalized spacial score (nSPS) is 17.4. The molecule has 0 radical (unpaired) electrons. The summed E-state index contributed by atoms with van der Waals surface area (Å²) in [6, 6.07) is -0.688. The second-order valence-electron chi connectivity index (χ2n) is 2.00. The highest BCUT2D eigenvalue weighted by Gasteiger charge is 2.24. The van der Waals surface area contributed by atoms with E-state index in [0.717, 1.165) is 10.1 Å². The Morgan fingerprint density at radius 3 is 2.92 bits per heavy atom. The predicted molar refractivity (Wildman–Crippen MR) is 36.6 cm³/mol. The number of hydrogen-bond donors (Lipinski definition) is 4. The third-order valence-corrected chi connectivity index (χ3v) is 1.27. The van der Waals surface area contributed by atoms with E-state index in [2.05, 4.69) is 20.8 Å². The van der Waals surface area contributed by atoms with Gasteiger partial charge in [-0.05, 0) is 0 Å². The third kappa shape index (κ3) is 2.48. The van der Waals surface area contributed by atoms with Crippen LogP contribution in [0.25, 0.3) is 0 Å². The molecule has 0 bridgehead atoms. The van der Waals surface area contributed by atoms with Gasteiger partial charge in [0.15, 0.2) is 6.73 Å². The van der Waals surface area contributed by atoms with Crippen LogP contribution in [-0.2, 0) is 9.88 Å². The van der Waals surface area contributed by atoms with Crippen LogP contribution in [0.15, 0.2) is 0 Å². The van der Waals surface area contributed by atoms with Crippen LogP contribution in [-0.4, -0.2) is 46.6 Å². The lowest BCUT2D eigenvalue weighted by Gasteiger charge is -2.25. The van der Waals surface area contributed by atoms with E-state index in [0.29, 0.717) is 0 Å². The Bertz CT molecular complexity index is 172. The van der Waals surface area contributed by atoms with Gasteiger partial charge in [-0.15, -0.1) is 4.99 Å². The fourth-order valence-corrected chi connectivity index (χ4v) is 0.700. The van der Waals surface area contributed by atoms with E-state index in [1.807, 2.05) is 0 Å². The van der Waals surface area contributed by atoms with E-state index in [9.17, 15) is 4.79 Å². The van der Waals surface area contributed by atoms with Gasteiger partial charge in [-0.3, -0.25) is 0 Å². The first-order chi connectivity index (χ1) is 6.29. The topological polar surface area (TPSA) is 107 Å². The molecule has 0 saturated carbocycles. The van der Waals surface area contributed by atoms with Crippen molar-refractivity contribution in [2.24, 2.45) is 0 Å². The fraction of sp³-hybridized carbons (Fsp3) is 0.750. The van der Waals surface area contributed by atoms with Crippen LogP contribution in [0.2, 0.25) is 0 Å². The molecule has 0 aromatic carbocycles. The van der Waals surface area contributed by atoms with Gasteiger partial charge in [-0.2, -0.15) is 4.89 Å². The van der Waals surface area contributed by atoms with Gasteiger partial charge in [0.2, 0.25) is 0 Å². The number of carbonyl (C=O) groups excluding carboxylic acids is 1. The number of amides is 2. The minimum atomic E-state index is -0.688. The molecule has 1 saturated heterocycles. The number of carbonyl (C=O) groups is 1. The Morgan fingerprint density at radius 2 is 2.46 bits per heavy atom. The van der Waals surface area contributed by atoms with Crippen LogP contribution in [0.4, 0.5) is 4.79 Å². The molecule has 2 amide bonds. The maximum absolute atomic E-state index is 11.1. The summed E-state index contributed by atoms with van der Waals surface area (Å²) < 4.78 is 0. The van der Waals surface area contributed by atoms with E-state index in [1.165, 1.54) is 0 Å². The number of hydrogen-bond acceptors (Lipinski definition) is 7. The number of nitrogens with one attached hydrogen (secondary N) is 2. The van der Waals surface area contributed by atoms with Crippen LogP contribution >= 0.6 is 0 Å². The van der Waals surface area contributed by atoms with E-state index in [1.54, 1.807) is 0 Å². The average Bonchev–Trinajstić information content (AvgIpc) is 2.59. The minimum Gasteiger partial charge on any atom is -0.376 e.